The molecule has 0 bridgehead atoms. The zero-order valence-electron chi connectivity index (χ0n) is 10.6. The smallest absolute Gasteiger partial charge is 0.0837 e. The molecule has 0 amide bonds. The number of hydrogen-bond donors (Lipinski definition) is 1. The van der Waals surface area contributed by atoms with Gasteiger partial charge in [0.05, 0.1) is 28.0 Å². The molecule has 1 aromatic heterocycles. The van der Waals surface area contributed by atoms with Crippen LogP contribution in [0.15, 0.2) is 24.4 Å². The van der Waals surface area contributed by atoms with Crippen LogP contribution in [0.4, 0.5) is 0 Å². The summed E-state index contributed by atoms with van der Waals surface area (Å²) in [5.74, 6) is 0. The predicted octanol–water partition coefficient (Wildman–Crippen LogP) is 4.12. The Labute approximate surface area is 136 Å². The van der Waals surface area contributed by atoms with E-state index in [0.717, 1.165) is 26.4 Å². The first-order valence-electron chi connectivity index (χ1n) is 5.91. The van der Waals surface area contributed by atoms with Crippen molar-refractivity contribution in [2.24, 2.45) is 0 Å². The summed E-state index contributed by atoms with van der Waals surface area (Å²) in [6.07, 6.45) is 1.68. The second-order valence-electron chi connectivity index (χ2n) is 4.09. The number of benzene rings is 1. The maximum absolute atomic E-state index is 6.26. The molecule has 2 rings (SSSR count). The molecule has 0 saturated carbocycles. The third-order valence-electron chi connectivity index (χ3n) is 2.97. The van der Waals surface area contributed by atoms with Gasteiger partial charge in [0.2, 0.25) is 0 Å². The highest BCUT2D eigenvalue weighted by Gasteiger charge is 2.20. The van der Waals surface area contributed by atoms with Crippen molar-refractivity contribution < 1.29 is 0 Å². The number of aromatic nitrogens is 2. The maximum atomic E-state index is 6.26. The van der Waals surface area contributed by atoms with Gasteiger partial charge in [-0.15, -0.1) is 0 Å². The van der Waals surface area contributed by atoms with Gasteiger partial charge in [0, 0.05) is 10.1 Å². The Bertz CT molecular complexity index is 583. The number of nitrogens with zero attached hydrogens (tertiary/aromatic N) is 2. The van der Waals surface area contributed by atoms with E-state index in [0.29, 0.717) is 5.02 Å². The summed E-state index contributed by atoms with van der Waals surface area (Å²) >= 11 is 14.7. The van der Waals surface area contributed by atoms with Crippen LogP contribution in [0.1, 0.15) is 24.2 Å². The Morgan fingerprint density at radius 2 is 2.11 bits per heavy atom. The molecule has 1 unspecified atom stereocenters. The van der Waals surface area contributed by atoms with Crippen molar-refractivity contribution in [1.29, 1.82) is 0 Å². The van der Waals surface area contributed by atoms with E-state index in [2.05, 4.69) is 39.1 Å². The number of aryl methyl sites for hydroxylation is 1. The minimum absolute atomic E-state index is 0.0237. The highest BCUT2D eigenvalue weighted by molar-refractivity contribution is 14.1. The molecule has 19 heavy (non-hydrogen) atoms. The average molecular weight is 410 g/mol. The van der Waals surface area contributed by atoms with E-state index in [-0.39, 0.29) is 6.04 Å². The van der Waals surface area contributed by atoms with Crippen LogP contribution in [0.5, 0.6) is 0 Å². The highest BCUT2D eigenvalue weighted by atomic mass is 127. The zero-order valence-corrected chi connectivity index (χ0v) is 14.3. The van der Waals surface area contributed by atoms with Crippen molar-refractivity contribution >= 4 is 45.8 Å². The third-order valence-corrected chi connectivity index (χ3v) is 4.84. The maximum Gasteiger partial charge on any atom is 0.0837 e. The Morgan fingerprint density at radius 3 is 2.68 bits per heavy atom. The monoisotopic (exact) mass is 409 g/mol. The van der Waals surface area contributed by atoms with Gasteiger partial charge in [0.25, 0.3) is 0 Å². The quantitative estimate of drug-likeness (QED) is 0.769. The van der Waals surface area contributed by atoms with Crippen molar-refractivity contribution in [2.75, 3.05) is 7.05 Å². The van der Waals surface area contributed by atoms with Crippen molar-refractivity contribution in [1.82, 2.24) is 15.1 Å². The van der Waals surface area contributed by atoms with Crippen LogP contribution in [0, 0.1) is 3.57 Å². The molecule has 1 aromatic carbocycles. The topological polar surface area (TPSA) is 29.9 Å². The lowest BCUT2D eigenvalue weighted by Gasteiger charge is -2.19. The summed E-state index contributed by atoms with van der Waals surface area (Å²) in [5, 5.41) is 8.97. The van der Waals surface area contributed by atoms with Crippen LogP contribution in [0.2, 0.25) is 10.0 Å². The van der Waals surface area contributed by atoms with E-state index >= 15 is 0 Å². The van der Waals surface area contributed by atoms with Gasteiger partial charge in [-0.3, -0.25) is 4.68 Å². The van der Waals surface area contributed by atoms with Gasteiger partial charge in [0.1, 0.15) is 0 Å². The largest absolute Gasteiger partial charge is 0.308 e. The zero-order chi connectivity index (χ0) is 14.0. The third kappa shape index (κ3) is 3.07. The minimum atomic E-state index is -0.0237. The Hall–Kier alpha value is -0.300. The summed E-state index contributed by atoms with van der Waals surface area (Å²) in [6, 6.07) is 6.00. The fourth-order valence-corrected chi connectivity index (χ4v) is 2.84. The molecule has 0 aliphatic rings. The Morgan fingerprint density at radius 1 is 1.37 bits per heavy atom. The fourth-order valence-electron chi connectivity index (χ4n) is 2.06. The first-order valence-corrected chi connectivity index (χ1v) is 7.75. The molecule has 0 saturated heterocycles. The van der Waals surface area contributed by atoms with Gasteiger partial charge < -0.3 is 5.32 Å². The molecule has 1 atom stereocenters. The predicted molar refractivity (Wildman–Crippen MR) is 88.0 cm³/mol. The van der Waals surface area contributed by atoms with Crippen molar-refractivity contribution in [3.63, 3.8) is 0 Å². The van der Waals surface area contributed by atoms with E-state index in [1.54, 1.807) is 6.20 Å². The highest BCUT2D eigenvalue weighted by Crippen LogP contribution is 2.30. The van der Waals surface area contributed by atoms with E-state index in [1.165, 1.54) is 0 Å². The molecule has 0 fully saturated rings. The van der Waals surface area contributed by atoms with Crippen LogP contribution in [-0.2, 0) is 6.54 Å². The molecule has 1 heterocycles. The summed E-state index contributed by atoms with van der Waals surface area (Å²) in [6.45, 7) is 2.82. The molecule has 3 nitrogen and oxygen atoms in total. The molecule has 0 spiro atoms. The molecule has 0 aliphatic heterocycles. The van der Waals surface area contributed by atoms with Crippen molar-refractivity contribution in [3.05, 3.63) is 49.3 Å². The van der Waals surface area contributed by atoms with Gasteiger partial charge in [-0.25, -0.2) is 0 Å². The molecule has 6 heteroatoms. The van der Waals surface area contributed by atoms with E-state index in [9.17, 15) is 0 Å². The molecule has 0 radical (unpaired) electrons. The van der Waals surface area contributed by atoms with Crippen LogP contribution in [0.3, 0.4) is 0 Å². The molecule has 2 aromatic rings. The van der Waals surface area contributed by atoms with Crippen molar-refractivity contribution in [3.8, 4) is 0 Å². The first kappa shape index (κ1) is 15.1. The summed E-state index contributed by atoms with van der Waals surface area (Å²) in [4.78, 5) is 0. The van der Waals surface area contributed by atoms with Gasteiger partial charge >= 0.3 is 0 Å². The lowest BCUT2D eigenvalue weighted by Crippen LogP contribution is -2.21. The van der Waals surface area contributed by atoms with E-state index in [4.69, 9.17) is 23.2 Å². The second kappa shape index (κ2) is 6.43. The summed E-state index contributed by atoms with van der Waals surface area (Å²) < 4.78 is 2.93. The van der Waals surface area contributed by atoms with E-state index in [1.807, 2.05) is 30.8 Å². The van der Waals surface area contributed by atoms with Crippen LogP contribution >= 0.6 is 45.8 Å². The second-order valence-corrected chi connectivity index (χ2v) is 6.07. The normalized spacial score (nSPS) is 12.7. The molecular formula is C13H14Cl2IN3. The number of rotatable bonds is 4. The summed E-state index contributed by atoms with van der Waals surface area (Å²) in [7, 11) is 1.90. The minimum Gasteiger partial charge on any atom is -0.308 e. The van der Waals surface area contributed by atoms with Crippen LogP contribution in [0.25, 0.3) is 0 Å². The lowest BCUT2D eigenvalue weighted by atomic mass is 10.0. The lowest BCUT2D eigenvalue weighted by molar-refractivity contribution is 0.563. The van der Waals surface area contributed by atoms with Gasteiger partial charge in [-0.1, -0.05) is 29.3 Å². The van der Waals surface area contributed by atoms with Gasteiger partial charge in [-0.2, -0.15) is 5.10 Å². The van der Waals surface area contributed by atoms with E-state index < -0.39 is 0 Å². The molecule has 1 N–H and O–H groups in total. The van der Waals surface area contributed by atoms with Gasteiger partial charge in [-0.05, 0) is 54.3 Å². The van der Waals surface area contributed by atoms with Crippen molar-refractivity contribution in [2.45, 2.75) is 19.5 Å². The van der Waals surface area contributed by atoms with Crippen LogP contribution < -0.4 is 5.32 Å². The Kier molecular flexibility index (Phi) is 5.11. The summed E-state index contributed by atoms with van der Waals surface area (Å²) in [5.41, 5.74) is 2.04. The average Bonchev–Trinajstić information content (AvgIpc) is 2.76. The van der Waals surface area contributed by atoms with Gasteiger partial charge in [0.15, 0.2) is 0 Å². The molecule has 102 valence electrons. The first-order chi connectivity index (χ1) is 9.08. The fraction of sp³-hybridized carbons (Fsp3) is 0.308. The number of hydrogen-bond acceptors (Lipinski definition) is 2. The molecule has 0 aliphatic carbocycles. The standard InChI is InChI=1S/C13H14Cl2IN3/c1-3-19-13(10(15)7-18-19)12(17-2)8-4-5-11(16)9(14)6-8/h4-7,12,17H,3H2,1-2H3. The molecular weight excluding hydrogens is 396 g/mol. The van der Waals surface area contributed by atoms with Crippen LogP contribution in [-0.4, -0.2) is 16.8 Å². The number of halogens is 3. The Balaban J connectivity index is 2.49. The SMILES string of the molecule is CCn1ncc(Cl)c1C(NC)c1ccc(I)c(Cl)c1. The number of nitrogens with one attached hydrogen (secondary N) is 1.